The topological polar surface area (TPSA) is 51.2 Å². The van der Waals surface area contributed by atoms with E-state index >= 15 is 0 Å². The number of methoxy groups -OCH3 is 1. The molecule has 0 amide bonds. The van der Waals surface area contributed by atoms with Gasteiger partial charge in [0.2, 0.25) is 6.79 Å². The highest BCUT2D eigenvalue weighted by molar-refractivity contribution is 5.45. The summed E-state index contributed by atoms with van der Waals surface area (Å²) in [5.41, 5.74) is 0.760. The smallest absolute Gasteiger partial charge is 0.231 e. The summed E-state index contributed by atoms with van der Waals surface area (Å²) in [4.78, 5) is 2.27. The molecule has 21 heavy (non-hydrogen) atoms. The van der Waals surface area contributed by atoms with Gasteiger partial charge in [0.1, 0.15) is 0 Å². The van der Waals surface area contributed by atoms with Crippen LogP contribution in [0, 0.1) is 0 Å². The molecule has 3 rings (SSSR count). The second kappa shape index (κ2) is 5.83. The number of hydrogen-bond acceptors (Lipinski definition) is 5. The number of benzene rings is 1. The Kier molecular flexibility index (Phi) is 4.06. The van der Waals surface area contributed by atoms with Crippen molar-refractivity contribution in [1.82, 2.24) is 4.90 Å². The molecule has 0 spiro atoms. The van der Waals surface area contributed by atoms with Gasteiger partial charge in [0.05, 0.1) is 11.7 Å². The molecule has 5 nitrogen and oxygen atoms in total. The first-order valence-corrected chi connectivity index (χ1v) is 7.45. The van der Waals surface area contributed by atoms with Crippen LogP contribution < -0.4 is 9.47 Å². The highest BCUT2D eigenvalue weighted by atomic mass is 16.7. The zero-order valence-electron chi connectivity index (χ0n) is 12.7. The van der Waals surface area contributed by atoms with Crippen LogP contribution in [0.15, 0.2) is 18.2 Å². The Balaban J connectivity index is 1.64. The zero-order valence-corrected chi connectivity index (χ0v) is 12.7. The van der Waals surface area contributed by atoms with Gasteiger partial charge in [-0.3, -0.25) is 4.90 Å². The Morgan fingerprint density at radius 2 is 2.19 bits per heavy atom. The first kappa shape index (κ1) is 14.6. The highest BCUT2D eigenvalue weighted by Gasteiger charge is 2.31. The zero-order chi connectivity index (χ0) is 14.9. The van der Waals surface area contributed by atoms with E-state index in [2.05, 4.69) is 11.8 Å². The summed E-state index contributed by atoms with van der Waals surface area (Å²) in [7, 11) is 1.76. The number of piperidine rings is 1. The number of aliphatic hydroxyl groups excluding tert-OH is 1. The Labute approximate surface area is 125 Å². The van der Waals surface area contributed by atoms with Crippen molar-refractivity contribution >= 4 is 0 Å². The summed E-state index contributed by atoms with van der Waals surface area (Å²) in [5, 5.41) is 10.5. The van der Waals surface area contributed by atoms with Crippen molar-refractivity contribution in [3.63, 3.8) is 0 Å². The van der Waals surface area contributed by atoms with Gasteiger partial charge in [-0.05, 0) is 44.0 Å². The lowest BCUT2D eigenvalue weighted by atomic mass is 9.94. The summed E-state index contributed by atoms with van der Waals surface area (Å²) in [5.74, 6) is 1.46. The van der Waals surface area contributed by atoms with Gasteiger partial charge in [-0.15, -0.1) is 0 Å². The fourth-order valence-electron chi connectivity index (χ4n) is 3.10. The molecule has 2 aliphatic rings. The molecule has 2 aliphatic heterocycles. The van der Waals surface area contributed by atoms with Crippen LogP contribution in [0.25, 0.3) is 0 Å². The molecule has 5 heteroatoms. The van der Waals surface area contributed by atoms with Crippen molar-refractivity contribution in [2.24, 2.45) is 0 Å². The standard InChI is InChI=1S/C16H23NO4/c1-16(19-2)6-3-7-17(10-16)9-13(18)12-4-5-14-15(8-12)21-11-20-14/h4-5,8,13,18H,3,6-7,9-11H2,1-2H3. The highest BCUT2D eigenvalue weighted by Crippen LogP contribution is 2.34. The van der Waals surface area contributed by atoms with E-state index in [0.717, 1.165) is 37.2 Å². The maximum Gasteiger partial charge on any atom is 0.231 e. The van der Waals surface area contributed by atoms with E-state index in [-0.39, 0.29) is 12.4 Å². The van der Waals surface area contributed by atoms with Crippen LogP contribution in [0.2, 0.25) is 0 Å². The van der Waals surface area contributed by atoms with E-state index in [9.17, 15) is 5.11 Å². The third kappa shape index (κ3) is 3.15. The predicted molar refractivity (Wildman–Crippen MR) is 78.6 cm³/mol. The number of β-amino-alcohol motifs (C(OH)–C–C–N with tert-alkyl or cyclic N) is 1. The van der Waals surface area contributed by atoms with Crippen LogP contribution in [0.1, 0.15) is 31.4 Å². The minimum Gasteiger partial charge on any atom is -0.454 e. The molecule has 2 atom stereocenters. The maximum atomic E-state index is 10.5. The molecule has 1 aromatic rings. The molecule has 1 aromatic carbocycles. The second-order valence-electron chi connectivity index (χ2n) is 6.12. The van der Waals surface area contributed by atoms with Gasteiger partial charge < -0.3 is 19.3 Å². The van der Waals surface area contributed by atoms with Crippen LogP contribution >= 0.6 is 0 Å². The van der Waals surface area contributed by atoms with Gasteiger partial charge in [-0.2, -0.15) is 0 Å². The van der Waals surface area contributed by atoms with Crippen molar-refractivity contribution in [3.05, 3.63) is 23.8 Å². The van der Waals surface area contributed by atoms with Crippen molar-refractivity contribution in [3.8, 4) is 11.5 Å². The summed E-state index contributed by atoms with van der Waals surface area (Å²) in [6.07, 6.45) is 1.64. The van der Waals surface area contributed by atoms with E-state index in [1.807, 2.05) is 18.2 Å². The van der Waals surface area contributed by atoms with Crippen molar-refractivity contribution in [2.45, 2.75) is 31.5 Å². The number of hydrogen-bond donors (Lipinski definition) is 1. The number of likely N-dealkylation sites (tertiary alicyclic amines) is 1. The van der Waals surface area contributed by atoms with Crippen molar-refractivity contribution in [2.75, 3.05) is 33.5 Å². The average Bonchev–Trinajstić information content (AvgIpc) is 2.94. The minimum atomic E-state index is -0.529. The second-order valence-corrected chi connectivity index (χ2v) is 6.12. The molecular weight excluding hydrogens is 270 g/mol. The summed E-state index contributed by atoms with van der Waals surface area (Å²) < 4.78 is 16.3. The van der Waals surface area contributed by atoms with Crippen LogP contribution in [0.3, 0.4) is 0 Å². The lowest BCUT2D eigenvalue weighted by molar-refractivity contribution is -0.0586. The predicted octanol–water partition coefficient (Wildman–Crippen LogP) is 1.95. The van der Waals surface area contributed by atoms with Gasteiger partial charge in [0, 0.05) is 20.2 Å². The van der Waals surface area contributed by atoms with E-state index in [1.165, 1.54) is 0 Å². The fourth-order valence-corrected chi connectivity index (χ4v) is 3.10. The summed E-state index contributed by atoms with van der Waals surface area (Å²) in [6.45, 7) is 4.85. The Hall–Kier alpha value is -1.30. The lowest BCUT2D eigenvalue weighted by Crippen LogP contribution is -2.48. The normalized spacial score (nSPS) is 26.8. The van der Waals surface area contributed by atoms with E-state index in [0.29, 0.717) is 12.3 Å². The van der Waals surface area contributed by atoms with Crippen LogP contribution in [-0.4, -0.2) is 49.1 Å². The summed E-state index contributed by atoms with van der Waals surface area (Å²) >= 11 is 0. The molecule has 1 saturated heterocycles. The minimum absolute atomic E-state index is 0.104. The van der Waals surface area contributed by atoms with Gasteiger partial charge >= 0.3 is 0 Å². The molecule has 1 fully saturated rings. The maximum absolute atomic E-state index is 10.5. The third-order valence-corrected chi connectivity index (χ3v) is 4.44. The third-order valence-electron chi connectivity index (χ3n) is 4.44. The first-order chi connectivity index (χ1) is 10.1. The van der Waals surface area contributed by atoms with Crippen LogP contribution in [-0.2, 0) is 4.74 Å². The van der Waals surface area contributed by atoms with Crippen molar-refractivity contribution in [1.29, 1.82) is 0 Å². The van der Waals surface area contributed by atoms with E-state index < -0.39 is 6.10 Å². The molecule has 2 unspecified atom stereocenters. The van der Waals surface area contributed by atoms with Crippen LogP contribution in [0.5, 0.6) is 11.5 Å². The monoisotopic (exact) mass is 293 g/mol. The molecule has 2 heterocycles. The number of rotatable bonds is 4. The molecule has 116 valence electrons. The van der Waals surface area contributed by atoms with Gasteiger partial charge in [-0.1, -0.05) is 6.07 Å². The van der Waals surface area contributed by atoms with Gasteiger partial charge in [0.25, 0.3) is 0 Å². The molecular formula is C16H23NO4. The molecule has 1 N–H and O–H groups in total. The largest absolute Gasteiger partial charge is 0.454 e. The van der Waals surface area contributed by atoms with E-state index in [1.54, 1.807) is 7.11 Å². The quantitative estimate of drug-likeness (QED) is 0.919. The van der Waals surface area contributed by atoms with Crippen molar-refractivity contribution < 1.29 is 19.3 Å². The molecule has 0 saturated carbocycles. The average molecular weight is 293 g/mol. The summed E-state index contributed by atoms with van der Waals surface area (Å²) in [6, 6.07) is 5.63. The SMILES string of the molecule is COC1(C)CCCN(CC(O)c2ccc3c(c2)OCO3)C1. The Morgan fingerprint density at radius 3 is 3.00 bits per heavy atom. The molecule has 0 radical (unpaired) electrons. The number of aliphatic hydroxyl groups is 1. The first-order valence-electron chi connectivity index (χ1n) is 7.45. The molecule has 0 aromatic heterocycles. The van der Waals surface area contributed by atoms with Gasteiger partial charge in [0.15, 0.2) is 11.5 Å². The van der Waals surface area contributed by atoms with Crippen LogP contribution in [0.4, 0.5) is 0 Å². The fraction of sp³-hybridized carbons (Fsp3) is 0.625. The Morgan fingerprint density at radius 1 is 1.38 bits per heavy atom. The molecule has 0 bridgehead atoms. The number of fused-ring (bicyclic) bond motifs is 1. The number of nitrogens with zero attached hydrogens (tertiary/aromatic N) is 1. The lowest BCUT2D eigenvalue weighted by Gasteiger charge is -2.40. The van der Waals surface area contributed by atoms with E-state index in [4.69, 9.17) is 14.2 Å². The van der Waals surface area contributed by atoms with Gasteiger partial charge in [-0.25, -0.2) is 0 Å². The number of ether oxygens (including phenoxy) is 3. The Bertz CT molecular complexity index is 507. The molecule has 0 aliphatic carbocycles.